The molecule has 2 aliphatic rings. The second kappa shape index (κ2) is 11.6. The summed E-state index contributed by atoms with van der Waals surface area (Å²) in [6.07, 6.45) is 12.0. The second-order valence-corrected chi connectivity index (χ2v) is 26.6. The molecule has 0 radical (unpaired) electrons. The summed E-state index contributed by atoms with van der Waals surface area (Å²) in [5, 5.41) is 5.33. The molecule has 0 saturated heterocycles. The van der Waals surface area contributed by atoms with Gasteiger partial charge in [0.25, 0.3) is 0 Å². The first-order chi connectivity index (χ1) is 16.7. The van der Waals surface area contributed by atoms with Gasteiger partial charge in [0, 0.05) is 0 Å². The number of benzene rings is 4. The molecule has 0 N–H and O–H groups in total. The Bertz CT molecular complexity index is 1500. The van der Waals surface area contributed by atoms with Crippen LogP contribution in [0.5, 0.6) is 0 Å². The molecular formula is C32H28Cl2SiZr. The predicted molar refractivity (Wildman–Crippen MR) is 147 cm³/mol. The van der Waals surface area contributed by atoms with Crippen molar-refractivity contribution in [3.8, 4) is 0 Å². The van der Waals surface area contributed by atoms with Crippen molar-refractivity contribution in [2.75, 3.05) is 0 Å². The Balaban J connectivity index is 0.00000152. The van der Waals surface area contributed by atoms with E-state index in [0.29, 0.717) is 0 Å². The van der Waals surface area contributed by atoms with Gasteiger partial charge >= 0.3 is 211 Å². The number of rotatable bonds is 4. The average molecular weight is 603 g/mol. The summed E-state index contributed by atoms with van der Waals surface area (Å²) in [6, 6.07) is 31.6. The molecule has 0 saturated carbocycles. The van der Waals surface area contributed by atoms with E-state index in [1.807, 2.05) is 6.56 Å². The van der Waals surface area contributed by atoms with Crippen LogP contribution in [-0.2, 0) is 20.4 Å². The fourth-order valence-corrected chi connectivity index (χ4v) is 23.4. The van der Waals surface area contributed by atoms with Crippen molar-refractivity contribution >= 4 is 38.1 Å². The first kappa shape index (κ1) is 27.1. The SMILES string of the molecule is C[Si](C)=[Zr+2]([C]1=C(c2ccc3ccccc3c2)C=CC1)[C]1=C(c2ccc3ccccc3c2)C=CC1.[Cl-].[Cl-]. The Morgan fingerprint density at radius 3 is 1.39 bits per heavy atom. The molecular weight excluding hydrogens is 575 g/mol. The molecule has 178 valence electrons. The van der Waals surface area contributed by atoms with Crippen LogP contribution in [0.2, 0.25) is 13.1 Å². The van der Waals surface area contributed by atoms with E-state index < -0.39 is 25.8 Å². The van der Waals surface area contributed by atoms with Gasteiger partial charge in [-0.05, 0) is 0 Å². The molecule has 0 heterocycles. The zero-order valence-corrected chi connectivity index (χ0v) is 25.5. The third-order valence-corrected chi connectivity index (χ3v) is 24.3. The smallest absolute Gasteiger partial charge is 1.00 e. The molecule has 6 rings (SSSR count). The van der Waals surface area contributed by atoms with E-state index in [9.17, 15) is 0 Å². The molecule has 0 spiro atoms. The Labute approximate surface area is 234 Å². The minimum atomic E-state index is -2.00. The number of hydrogen-bond acceptors (Lipinski definition) is 0. The van der Waals surface area contributed by atoms with E-state index in [2.05, 4.69) is 122 Å². The number of allylic oxidation sites excluding steroid dienone is 8. The summed E-state index contributed by atoms with van der Waals surface area (Å²) in [7, 11) is 0. The largest absolute Gasteiger partial charge is 1.00 e. The molecule has 0 unspecified atom stereocenters. The predicted octanol–water partition coefficient (Wildman–Crippen LogP) is 2.91. The van der Waals surface area contributed by atoms with Crippen LogP contribution in [0.4, 0.5) is 0 Å². The first-order valence-electron chi connectivity index (χ1n) is 12.1. The summed E-state index contributed by atoms with van der Waals surface area (Å²) >= 11 is -2.00. The second-order valence-electron chi connectivity index (χ2n) is 9.50. The molecule has 36 heavy (non-hydrogen) atoms. The van der Waals surface area contributed by atoms with Gasteiger partial charge in [-0.25, -0.2) is 0 Å². The van der Waals surface area contributed by atoms with Crippen LogP contribution in [0, 0.1) is 0 Å². The van der Waals surface area contributed by atoms with Gasteiger partial charge in [-0.2, -0.15) is 0 Å². The zero-order chi connectivity index (χ0) is 23.1. The fourth-order valence-electron chi connectivity index (χ4n) is 5.52. The first-order valence-corrected chi connectivity index (χ1v) is 20.8. The van der Waals surface area contributed by atoms with E-state index in [0.717, 1.165) is 12.8 Å². The molecule has 0 bridgehead atoms. The van der Waals surface area contributed by atoms with Crippen molar-refractivity contribution in [3.63, 3.8) is 0 Å². The van der Waals surface area contributed by atoms with E-state index in [4.69, 9.17) is 0 Å². The summed E-state index contributed by atoms with van der Waals surface area (Å²) in [5.41, 5.74) is 5.47. The summed E-state index contributed by atoms with van der Waals surface area (Å²) in [6.45, 7) is 5.15. The van der Waals surface area contributed by atoms with Crippen LogP contribution in [-0.4, -0.2) is 5.43 Å². The van der Waals surface area contributed by atoms with Gasteiger partial charge in [0.05, 0.1) is 0 Å². The summed E-state index contributed by atoms with van der Waals surface area (Å²) in [4.78, 5) is 0. The molecule has 0 aliphatic heterocycles. The van der Waals surface area contributed by atoms with E-state index in [-0.39, 0.29) is 24.8 Å². The van der Waals surface area contributed by atoms with Crippen LogP contribution in [0.1, 0.15) is 24.0 Å². The van der Waals surface area contributed by atoms with Crippen molar-refractivity contribution < 1.29 is 45.2 Å². The van der Waals surface area contributed by atoms with Crippen molar-refractivity contribution in [3.05, 3.63) is 127 Å². The van der Waals surface area contributed by atoms with E-state index in [1.54, 1.807) is 0 Å². The average Bonchev–Trinajstić information content (AvgIpc) is 3.54. The van der Waals surface area contributed by atoms with Crippen molar-refractivity contribution in [2.45, 2.75) is 25.9 Å². The van der Waals surface area contributed by atoms with Gasteiger partial charge in [0.1, 0.15) is 0 Å². The molecule has 4 aromatic rings. The molecule has 4 heteroatoms. The fraction of sp³-hybridized carbons (Fsp3) is 0.125. The number of fused-ring (bicyclic) bond motifs is 2. The third-order valence-electron chi connectivity index (χ3n) is 7.09. The molecule has 0 nitrogen and oxygen atoms in total. The monoisotopic (exact) mass is 600 g/mol. The van der Waals surface area contributed by atoms with Gasteiger partial charge in [-0.15, -0.1) is 0 Å². The minimum absolute atomic E-state index is 0. The standard InChI is InChI=1S/2C15H11.C2H6Si.2ClH.Zr/c2*1-2-6-12(5-1)15-10-9-13-7-3-4-8-14(13)11-15;1-3-2;;;/h2*1,3-5,7-11H,2H2;1-2H3;2*1H;/q;;;;;+2/p-2. The van der Waals surface area contributed by atoms with Gasteiger partial charge in [-0.3, -0.25) is 0 Å². The quantitative estimate of drug-likeness (QED) is 0.316. The Morgan fingerprint density at radius 2 is 0.972 bits per heavy atom. The Kier molecular flexibility index (Phi) is 8.74. The van der Waals surface area contributed by atoms with Crippen LogP contribution < -0.4 is 24.8 Å². The van der Waals surface area contributed by atoms with Crippen LogP contribution in [0.3, 0.4) is 0 Å². The van der Waals surface area contributed by atoms with Crippen molar-refractivity contribution in [1.29, 1.82) is 0 Å². The Morgan fingerprint density at radius 1 is 0.556 bits per heavy atom. The van der Waals surface area contributed by atoms with Crippen LogP contribution in [0.15, 0.2) is 116 Å². The Hall–Kier alpha value is -1.96. The van der Waals surface area contributed by atoms with Gasteiger partial charge in [-0.1, -0.05) is 0 Å². The maximum Gasteiger partial charge on any atom is -1.00 e. The normalized spacial score (nSPS) is 14.1. The van der Waals surface area contributed by atoms with Gasteiger partial charge < -0.3 is 24.8 Å². The minimum Gasteiger partial charge on any atom is -1.00 e. The molecule has 2 aliphatic carbocycles. The molecule has 4 aromatic carbocycles. The molecule has 0 aromatic heterocycles. The van der Waals surface area contributed by atoms with Crippen LogP contribution in [0.25, 0.3) is 32.7 Å². The summed E-state index contributed by atoms with van der Waals surface area (Å²) in [5.74, 6) is 0. The summed E-state index contributed by atoms with van der Waals surface area (Å²) < 4.78 is 3.63. The van der Waals surface area contributed by atoms with Crippen molar-refractivity contribution in [1.82, 2.24) is 0 Å². The van der Waals surface area contributed by atoms with E-state index >= 15 is 0 Å². The molecule has 0 atom stereocenters. The topological polar surface area (TPSA) is 0 Å². The number of halogens is 2. The van der Waals surface area contributed by atoms with Gasteiger partial charge in [0.2, 0.25) is 0 Å². The number of hydrogen-bond donors (Lipinski definition) is 0. The molecule has 0 fully saturated rings. The van der Waals surface area contributed by atoms with Gasteiger partial charge in [0.15, 0.2) is 0 Å². The third kappa shape index (κ3) is 5.07. The van der Waals surface area contributed by atoms with E-state index in [1.165, 1.54) is 43.8 Å². The molecule has 0 amide bonds. The maximum atomic E-state index is 2.58. The maximum absolute atomic E-state index is 2.58. The van der Waals surface area contributed by atoms with Crippen LogP contribution >= 0.6 is 0 Å². The zero-order valence-electron chi connectivity index (χ0n) is 20.6. The van der Waals surface area contributed by atoms with Crippen molar-refractivity contribution in [2.24, 2.45) is 0 Å².